The number of aromatic nitrogens is 1. The van der Waals surface area contributed by atoms with Crippen LogP contribution >= 0.6 is 0 Å². The van der Waals surface area contributed by atoms with Crippen LogP contribution in [0.2, 0.25) is 0 Å². The van der Waals surface area contributed by atoms with Crippen LogP contribution in [0.15, 0.2) is 12.1 Å². The van der Waals surface area contributed by atoms with Crippen LogP contribution in [0, 0.1) is 0 Å². The monoisotopic (exact) mass is 302 g/mol. The fourth-order valence-electron chi connectivity index (χ4n) is 2.88. The summed E-state index contributed by atoms with van der Waals surface area (Å²) in [5.74, 6) is 0.0492. The van der Waals surface area contributed by atoms with Crippen LogP contribution in [0.3, 0.4) is 0 Å². The fraction of sp³-hybridized carbons (Fsp3) is 0.643. The summed E-state index contributed by atoms with van der Waals surface area (Å²) < 4.78 is 38.3. The molecule has 1 aliphatic carbocycles. The third kappa shape index (κ3) is 3.58. The van der Waals surface area contributed by atoms with Crippen LogP contribution in [0.1, 0.15) is 31.2 Å². The summed E-state index contributed by atoms with van der Waals surface area (Å²) >= 11 is 0. The molecule has 1 aromatic heterocycles. The van der Waals surface area contributed by atoms with Gasteiger partial charge in [-0.05, 0) is 39.1 Å². The fourth-order valence-corrected chi connectivity index (χ4v) is 2.88. The number of anilines is 2. The van der Waals surface area contributed by atoms with Gasteiger partial charge in [-0.3, -0.25) is 0 Å². The zero-order chi connectivity index (χ0) is 15.7. The molecule has 4 nitrogen and oxygen atoms in total. The van der Waals surface area contributed by atoms with Crippen molar-refractivity contribution in [1.29, 1.82) is 0 Å². The molecule has 0 unspecified atom stereocenters. The van der Waals surface area contributed by atoms with Crippen LogP contribution < -0.4 is 11.1 Å². The van der Waals surface area contributed by atoms with Gasteiger partial charge in [-0.15, -0.1) is 0 Å². The SMILES string of the molecule is CN(C)C1(CNc2cc(C(F)(F)F)cc(N)n2)CCCC1. The van der Waals surface area contributed by atoms with Gasteiger partial charge in [-0.25, -0.2) is 4.98 Å². The summed E-state index contributed by atoms with van der Waals surface area (Å²) in [6.45, 7) is 0.563. The van der Waals surface area contributed by atoms with Crippen LogP contribution in [0.5, 0.6) is 0 Å². The number of likely N-dealkylation sites (N-methyl/N-ethyl adjacent to an activating group) is 1. The molecule has 0 aliphatic heterocycles. The molecule has 1 heterocycles. The number of hydrogen-bond acceptors (Lipinski definition) is 4. The van der Waals surface area contributed by atoms with Crippen LogP contribution in [-0.4, -0.2) is 36.1 Å². The van der Waals surface area contributed by atoms with Gasteiger partial charge >= 0.3 is 6.18 Å². The smallest absolute Gasteiger partial charge is 0.384 e. The third-order valence-corrected chi connectivity index (χ3v) is 4.25. The van der Waals surface area contributed by atoms with Crippen LogP contribution in [0.25, 0.3) is 0 Å². The number of nitrogens with one attached hydrogen (secondary N) is 1. The highest BCUT2D eigenvalue weighted by molar-refractivity contribution is 5.47. The van der Waals surface area contributed by atoms with Gasteiger partial charge in [0, 0.05) is 12.1 Å². The minimum Gasteiger partial charge on any atom is -0.384 e. The Labute approximate surface area is 122 Å². The second-order valence-electron chi connectivity index (χ2n) is 5.84. The summed E-state index contributed by atoms with van der Waals surface area (Å²) in [6.07, 6.45) is -0.0843. The Morgan fingerprint density at radius 3 is 2.43 bits per heavy atom. The van der Waals surface area contributed by atoms with Crippen molar-refractivity contribution in [3.8, 4) is 0 Å². The van der Waals surface area contributed by atoms with Crippen molar-refractivity contribution >= 4 is 11.6 Å². The van der Waals surface area contributed by atoms with E-state index in [9.17, 15) is 13.2 Å². The predicted molar refractivity (Wildman–Crippen MR) is 77.0 cm³/mol. The quantitative estimate of drug-likeness (QED) is 0.898. The Bertz CT molecular complexity index is 493. The summed E-state index contributed by atoms with van der Waals surface area (Å²) in [7, 11) is 4.00. The Kier molecular flexibility index (Phi) is 4.32. The van der Waals surface area contributed by atoms with E-state index in [1.807, 2.05) is 14.1 Å². The van der Waals surface area contributed by atoms with Gasteiger partial charge in [-0.2, -0.15) is 13.2 Å². The lowest BCUT2D eigenvalue weighted by Gasteiger charge is -2.36. The molecule has 0 aromatic carbocycles. The van der Waals surface area contributed by atoms with Gasteiger partial charge in [0.2, 0.25) is 0 Å². The molecule has 118 valence electrons. The maximum absolute atomic E-state index is 12.8. The van der Waals surface area contributed by atoms with E-state index >= 15 is 0 Å². The summed E-state index contributed by atoms with van der Waals surface area (Å²) in [6, 6.07) is 1.86. The molecule has 0 radical (unpaired) electrons. The highest BCUT2D eigenvalue weighted by Gasteiger charge is 2.36. The average Bonchev–Trinajstić information content (AvgIpc) is 2.85. The minimum absolute atomic E-state index is 0.0231. The largest absolute Gasteiger partial charge is 0.416 e. The van der Waals surface area contributed by atoms with Gasteiger partial charge in [0.15, 0.2) is 0 Å². The maximum atomic E-state index is 12.8. The molecule has 1 aromatic rings. The van der Waals surface area contributed by atoms with Crippen LogP contribution in [0.4, 0.5) is 24.8 Å². The van der Waals surface area contributed by atoms with Crippen molar-refractivity contribution in [2.24, 2.45) is 0 Å². The molecule has 7 heteroatoms. The van der Waals surface area contributed by atoms with E-state index in [1.54, 1.807) is 0 Å². The van der Waals surface area contributed by atoms with Gasteiger partial charge in [0.25, 0.3) is 0 Å². The molecule has 3 N–H and O–H groups in total. The third-order valence-electron chi connectivity index (χ3n) is 4.25. The van der Waals surface area contributed by atoms with Crippen molar-refractivity contribution < 1.29 is 13.2 Å². The van der Waals surface area contributed by atoms with Crippen molar-refractivity contribution in [3.63, 3.8) is 0 Å². The first-order valence-electron chi connectivity index (χ1n) is 6.99. The van der Waals surface area contributed by atoms with Crippen molar-refractivity contribution in [2.75, 3.05) is 31.7 Å². The number of nitrogens with zero attached hydrogens (tertiary/aromatic N) is 2. The van der Waals surface area contributed by atoms with Gasteiger partial charge in [0.1, 0.15) is 11.6 Å². The first kappa shape index (κ1) is 15.9. The van der Waals surface area contributed by atoms with E-state index in [0.29, 0.717) is 6.54 Å². The van der Waals surface area contributed by atoms with Crippen molar-refractivity contribution in [2.45, 2.75) is 37.4 Å². The standard InChI is InChI=1S/C14H21F3N4/c1-21(2)13(5-3-4-6-13)9-19-12-8-10(14(15,16)17)7-11(18)20-12/h7-8H,3-6,9H2,1-2H3,(H3,18,19,20). The van der Waals surface area contributed by atoms with E-state index in [2.05, 4.69) is 15.2 Å². The number of alkyl halides is 3. The Morgan fingerprint density at radius 2 is 1.90 bits per heavy atom. The first-order chi connectivity index (χ1) is 9.73. The molecule has 0 bridgehead atoms. The Morgan fingerprint density at radius 1 is 1.29 bits per heavy atom. The molecule has 1 saturated carbocycles. The lowest BCUT2D eigenvalue weighted by molar-refractivity contribution is -0.137. The lowest BCUT2D eigenvalue weighted by Crippen LogP contribution is -2.47. The minimum atomic E-state index is -4.42. The van der Waals surface area contributed by atoms with E-state index < -0.39 is 11.7 Å². The Hall–Kier alpha value is -1.50. The predicted octanol–water partition coefficient (Wildman–Crippen LogP) is 2.97. The molecule has 0 spiro atoms. The number of nitrogens with two attached hydrogens (primary N) is 1. The molecular weight excluding hydrogens is 281 g/mol. The van der Waals surface area contributed by atoms with E-state index in [1.165, 1.54) is 0 Å². The van der Waals surface area contributed by atoms with Gasteiger partial charge in [-0.1, -0.05) is 12.8 Å². The molecule has 0 atom stereocenters. The molecule has 21 heavy (non-hydrogen) atoms. The number of halogens is 3. The highest BCUT2D eigenvalue weighted by atomic mass is 19.4. The van der Waals surface area contributed by atoms with Gasteiger partial charge in [0.05, 0.1) is 5.56 Å². The first-order valence-corrected chi connectivity index (χ1v) is 6.99. The normalized spacial score (nSPS) is 18.2. The molecule has 2 rings (SSSR count). The van der Waals surface area contributed by atoms with Gasteiger partial charge < -0.3 is 16.0 Å². The lowest BCUT2D eigenvalue weighted by atomic mass is 9.96. The summed E-state index contributed by atoms with van der Waals surface area (Å²) in [5.41, 5.74) is 4.67. The zero-order valence-corrected chi connectivity index (χ0v) is 12.3. The number of pyridine rings is 1. The van der Waals surface area contributed by atoms with Crippen LogP contribution in [-0.2, 0) is 6.18 Å². The average molecular weight is 302 g/mol. The maximum Gasteiger partial charge on any atom is 0.416 e. The molecule has 0 amide bonds. The highest BCUT2D eigenvalue weighted by Crippen LogP contribution is 2.35. The number of nitrogen functional groups attached to an aromatic ring is 1. The summed E-state index contributed by atoms with van der Waals surface area (Å²) in [4.78, 5) is 6.09. The number of rotatable bonds is 4. The molecule has 1 fully saturated rings. The van der Waals surface area contributed by atoms with Crippen molar-refractivity contribution in [1.82, 2.24) is 9.88 Å². The molecule has 1 aliphatic rings. The second-order valence-corrected chi connectivity index (χ2v) is 5.84. The summed E-state index contributed by atoms with van der Waals surface area (Å²) in [5, 5.41) is 3.03. The zero-order valence-electron chi connectivity index (χ0n) is 12.3. The second kappa shape index (κ2) is 5.71. The van der Waals surface area contributed by atoms with E-state index in [0.717, 1.165) is 37.8 Å². The van der Waals surface area contributed by atoms with E-state index in [-0.39, 0.29) is 17.2 Å². The Balaban J connectivity index is 2.14. The van der Waals surface area contributed by atoms with E-state index in [4.69, 9.17) is 5.73 Å². The molecular formula is C14H21F3N4. The topological polar surface area (TPSA) is 54.2 Å². The van der Waals surface area contributed by atoms with Crippen molar-refractivity contribution in [3.05, 3.63) is 17.7 Å². The molecule has 0 saturated heterocycles. The number of hydrogen-bond donors (Lipinski definition) is 2.